The molecule has 0 unspecified atom stereocenters. The molecule has 0 bridgehead atoms. The highest BCUT2D eigenvalue weighted by Gasteiger charge is 2.15. The molecule has 2 aromatic rings. The Morgan fingerprint density at radius 3 is 2.65 bits per heavy atom. The Balaban J connectivity index is 2.04. The predicted molar refractivity (Wildman–Crippen MR) is 88.4 cm³/mol. The summed E-state index contributed by atoms with van der Waals surface area (Å²) in [5, 5.41) is 14.0. The Hall–Kier alpha value is -2.31. The molecule has 0 aliphatic rings. The van der Waals surface area contributed by atoms with Crippen molar-refractivity contribution in [3.8, 4) is 5.75 Å². The van der Waals surface area contributed by atoms with E-state index in [2.05, 4.69) is 5.32 Å². The number of nitro groups is 1. The van der Waals surface area contributed by atoms with Crippen LogP contribution in [0, 0.1) is 17.0 Å². The second-order valence-electron chi connectivity index (χ2n) is 4.60. The van der Waals surface area contributed by atoms with Crippen molar-refractivity contribution in [3.63, 3.8) is 0 Å². The number of carbonyl (C=O) groups excluding carboxylic acids is 1. The summed E-state index contributed by atoms with van der Waals surface area (Å²) in [4.78, 5) is 22.3. The average Bonchev–Trinajstić information content (AvgIpc) is 2.50. The molecule has 0 aliphatic carbocycles. The number of nitrogens with zero attached hydrogens (tertiary/aromatic N) is 1. The number of carbonyl (C=O) groups is 1. The van der Waals surface area contributed by atoms with Crippen molar-refractivity contribution in [2.45, 2.75) is 6.92 Å². The molecule has 2 rings (SSSR count). The third kappa shape index (κ3) is 4.12. The Bertz CT molecular complexity index is 765. The van der Waals surface area contributed by atoms with E-state index in [1.54, 1.807) is 31.2 Å². The van der Waals surface area contributed by atoms with Crippen LogP contribution in [0.4, 0.5) is 11.4 Å². The topological polar surface area (TPSA) is 81.5 Å². The van der Waals surface area contributed by atoms with Crippen LogP contribution in [-0.2, 0) is 4.79 Å². The molecular formula is C15H12Cl2N2O4. The van der Waals surface area contributed by atoms with E-state index in [0.717, 1.165) is 0 Å². The van der Waals surface area contributed by atoms with Crippen molar-refractivity contribution < 1.29 is 14.5 Å². The van der Waals surface area contributed by atoms with Crippen LogP contribution in [0.2, 0.25) is 10.0 Å². The van der Waals surface area contributed by atoms with Gasteiger partial charge in [-0.3, -0.25) is 14.9 Å². The van der Waals surface area contributed by atoms with Crippen LogP contribution in [0.1, 0.15) is 5.56 Å². The summed E-state index contributed by atoms with van der Waals surface area (Å²) in [6.45, 7) is 1.25. The fourth-order valence-electron chi connectivity index (χ4n) is 1.88. The summed E-state index contributed by atoms with van der Waals surface area (Å²) in [7, 11) is 0. The number of rotatable bonds is 5. The smallest absolute Gasteiger partial charge is 0.274 e. The lowest BCUT2D eigenvalue weighted by Crippen LogP contribution is -2.21. The van der Waals surface area contributed by atoms with Gasteiger partial charge in [0.25, 0.3) is 11.6 Å². The van der Waals surface area contributed by atoms with E-state index in [1.165, 1.54) is 12.1 Å². The number of ether oxygens (including phenoxy) is 1. The van der Waals surface area contributed by atoms with Gasteiger partial charge >= 0.3 is 0 Å². The fraction of sp³-hybridized carbons (Fsp3) is 0.133. The van der Waals surface area contributed by atoms with Gasteiger partial charge in [0.15, 0.2) is 6.61 Å². The number of halogens is 2. The van der Waals surface area contributed by atoms with Crippen molar-refractivity contribution in [1.82, 2.24) is 0 Å². The molecule has 0 heterocycles. The number of nitro benzene ring substituents is 1. The highest BCUT2D eigenvalue weighted by atomic mass is 35.5. The maximum absolute atomic E-state index is 11.9. The summed E-state index contributed by atoms with van der Waals surface area (Å²) < 4.78 is 5.31. The van der Waals surface area contributed by atoms with Crippen LogP contribution >= 0.6 is 23.2 Å². The van der Waals surface area contributed by atoms with Gasteiger partial charge in [0.05, 0.1) is 21.2 Å². The summed E-state index contributed by atoms with van der Waals surface area (Å²) in [5.41, 5.74) is 0.651. The van der Waals surface area contributed by atoms with Gasteiger partial charge in [0, 0.05) is 6.07 Å². The lowest BCUT2D eigenvalue weighted by Gasteiger charge is -2.11. The monoisotopic (exact) mass is 354 g/mol. The zero-order valence-corrected chi connectivity index (χ0v) is 13.5. The minimum Gasteiger partial charge on any atom is -0.482 e. The molecule has 0 spiro atoms. The van der Waals surface area contributed by atoms with Crippen molar-refractivity contribution in [2.24, 2.45) is 0 Å². The van der Waals surface area contributed by atoms with Gasteiger partial charge in [-0.2, -0.15) is 0 Å². The van der Waals surface area contributed by atoms with Crippen molar-refractivity contribution >= 4 is 40.5 Å². The zero-order valence-electron chi connectivity index (χ0n) is 12.0. The van der Waals surface area contributed by atoms with Gasteiger partial charge in [-0.1, -0.05) is 35.3 Å². The lowest BCUT2D eigenvalue weighted by atomic mass is 10.1. The van der Waals surface area contributed by atoms with Gasteiger partial charge in [0.2, 0.25) is 0 Å². The highest BCUT2D eigenvalue weighted by molar-refractivity contribution is 6.42. The minimum absolute atomic E-state index is 0.0680. The van der Waals surface area contributed by atoms with E-state index >= 15 is 0 Å². The molecule has 1 N–H and O–H groups in total. The van der Waals surface area contributed by atoms with E-state index < -0.39 is 10.8 Å². The average molecular weight is 355 g/mol. The Kier molecular flexibility index (Phi) is 5.41. The normalized spacial score (nSPS) is 10.2. The molecule has 23 heavy (non-hydrogen) atoms. The van der Waals surface area contributed by atoms with Crippen LogP contribution < -0.4 is 10.1 Å². The van der Waals surface area contributed by atoms with E-state index in [-0.39, 0.29) is 23.1 Å². The first-order valence-corrected chi connectivity index (χ1v) is 7.26. The SMILES string of the molecule is Cc1c(NC(=O)COc2cccc(Cl)c2Cl)cccc1[N+](=O)[O-]. The van der Waals surface area contributed by atoms with E-state index in [4.69, 9.17) is 27.9 Å². The quantitative estimate of drug-likeness (QED) is 0.643. The van der Waals surface area contributed by atoms with Crippen LogP contribution in [0.5, 0.6) is 5.75 Å². The number of hydrogen-bond acceptors (Lipinski definition) is 4. The van der Waals surface area contributed by atoms with Crippen LogP contribution in [0.3, 0.4) is 0 Å². The number of hydrogen-bond donors (Lipinski definition) is 1. The molecule has 120 valence electrons. The molecular weight excluding hydrogens is 343 g/mol. The maximum atomic E-state index is 11.9. The van der Waals surface area contributed by atoms with Gasteiger partial charge in [-0.25, -0.2) is 0 Å². The minimum atomic E-state index is -0.507. The first-order valence-electron chi connectivity index (χ1n) is 6.51. The molecule has 0 aromatic heterocycles. The van der Waals surface area contributed by atoms with E-state index in [0.29, 0.717) is 16.3 Å². The van der Waals surface area contributed by atoms with Crippen LogP contribution in [0.25, 0.3) is 0 Å². The highest BCUT2D eigenvalue weighted by Crippen LogP contribution is 2.31. The maximum Gasteiger partial charge on any atom is 0.274 e. The standard InChI is InChI=1S/C15H12Cl2N2O4/c1-9-11(5-3-6-12(9)19(21)22)18-14(20)8-23-13-7-2-4-10(16)15(13)17/h2-7H,8H2,1H3,(H,18,20). The van der Waals surface area contributed by atoms with Crippen LogP contribution in [0.15, 0.2) is 36.4 Å². The summed E-state index contributed by atoms with van der Waals surface area (Å²) in [6, 6.07) is 9.27. The first kappa shape index (κ1) is 17.1. The molecule has 1 amide bonds. The molecule has 2 aromatic carbocycles. The fourth-order valence-corrected chi connectivity index (χ4v) is 2.23. The summed E-state index contributed by atoms with van der Waals surface area (Å²) in [5.74, 6) is -0.185. The third-order valence-corrected chi connectivity index (χ3v) is 3.85. The lowest BCUT2D eigenvalue weighted by molar-refractivity contribution is -0.385. The summed E-state index contributed by atoms with van der Waals surface area (Å²) >= 11 is 11.8. The molecule has 6 nitrogen and oxygen atoms in total. The van der Waals surface area contributed by atoms with E-state index in [1.807, 2.05) is 0 Å². The first-order chi connectivity index (χ1) is 10.9. The zero-order chi connectivity index (χ0) is 17.0. The van der Waals surface area contributed by atoms with Crippen LogP contribution in [-0.4, -0.2) is 17.4 Å². The van der Waals surface area contributed by atoms with Gasteiger partial charge < -0.3 is 10.1 Å². The molecule has 0 radical (unpaired) electrons. The number of anilines is 1. The van der Waals surface area contributed by atoms with Gasteiger partial charge in [0.1, 0.15) is 10.8 Å². The predicted octanol–water partition coefficient (Wildman–Crippen LogP) is 4.23. The number of benzene rings is 2. The number of amides is 1. The van der Waals surface area contributed by atoms with E-state index in [9.17, 15) is 14.9 Å². The third-order valence-electron chi connectivity index (χ3n) is 3.05. The Labute approximate surface area is 142 Å². The molecule has 0 fully saturated rings. The Morgan fingerprint density at radius 2 is 1.96 bits per heavy atom. The van der Waals surface area contributed by atoms with Gasteiger partial charge in [-0.15, -0.1) is 0 Å². The molecule has 8 heteroatoms. The molecule has 0 aliphatic heterocycles. The molecule has 0 atom stereocenters. The number of nitrogens with one attached hydrogen (secondary N) is 1. The molecule has 0 saturated heterocycles. The Morgan fingerprint density at radius 1 is 1.26 bits per heavy atom. The van der Waals surface area contributed by atoms with Crippen molar-refractivity contribution in [1.29, 1.82) is 0 Å². The largest absolute Gasteiger partial charge is 0.482 e. The second-order valence-corrected chi connectivity index (χ2v) is 5.38. The van der Waals surface area contributed by atoms with Crippen molar-refractivity contribution in [2.75, 3.05) is 11.9 Å². The van der Waals surface area contributed by atoms with Crippen molar-refractivity contribution in [3.05, 3.63) is 62.1 Å². The summed E-state index contributed by atoms with van der Waals surface area (Å²) in [6.07, 6.45) is 0. The molecule has 0 saturated carbocycles. The van der Waals surface area contributed by atoms with Gasteiger partial charge in [-0.05, 0) is 25.1 Å². The second kappa shape index (κ2) is 7.30.